The van der Waals surface area contributed by atoms with E-state index in [1.807, 2.05) is 13.0 Å². The molecule has 3 rings (SSSR count). The highest BCUT2D eigenvalue weighted by Crippen LogP contribution is 2.27. The minimum absolute atomic E-state index is 0.00348. The molecule has 0 bridgehead atoms. The first-order valence-corrected chi connectivity index (χ1v) is 10.9. The minimum Gasteiger partial charge on any atom is -0.322 e. The number of aryl methyl sites for hydroxylation is 1. The molecule has 0 aliphatic carbocycles. The molecule has 150 valence electrons. The van der Waals surface area contributed by atoms with Crippen molar-refractivity contribution in [3.63, 3.8) is 0 Å². The molecule has 29 heavy (non-hydrogen) atoms. The van der Waals surface area contributed by atoms with Crippen molar-refractivity contribution in [1.29, 1.82) is 0 Å². The molecule has 0 aliphatic heterocycles. The molecule has 3 aromatic rings. The van der Waals surface area contributed by atoms with Gasteiger partial charge >= 0.3 is 0 Å². The van der Waals surface area contributed by atoms with Gasteiger partial charge in [0.15, 0.2) is 0 Å². The van der Waals surface area contributed by atoms with Gasteiger partial charge in [-0.1, -0.05) is 46.9 Å². The molecule has 0 aliphatic rings. The van der Waals surface area contributed by atoms with Crippen molar-refractivity contribution in [3.8, 4) is 0 Å². The van der Waals surface area contributed by atoms with Crippen LogP contribution in [0.1, 0.15) is 15.9 Å². The van der Waals surface area contributed by atoms with Gasteiger partial charge in [-0.05, 0) is 61.0 Å². The lowest BCUT2D eigenvalue weighted by Crippen LogP contribution is -2.16. The number of hydrogen-bond acceptors (Lipinski definition) is 3. The van der Waals surface area contributed by atoms with Crippen LogP contribution >= 0.6 is 34.8 Å². The molecular formula is C20H15Cl3N2O3S. The molecule has 3 aromatic carbocycles. The summed E-state index contributed by atoms with van der Waals surface area (Å²) in [6.45, 7) is 1.85. The van der Waals surface area contributed by atoms with Crippen LogP contribution in [0.15, 0.2) is 65.6 Å². The predicted octanol–water partition coefficient (Wildman–Crippen LogP) is 6.01. The number of hydrogen-bond donors (Lipinski definition) is 2. The molecule has 0 atom stereocenters. The minimum atomic E-state index is -4.00. The predicted molar refractivity (Wildman–Crippen MR) is 118 cm³/mol. The Morgan fingerprint density at radius 2 is 1.55 bits per heavy atom. The van der Waals surface area contributed by atoms with E-state index in [2.05, 4.69) is 10.0 Å². The third-order valence-electron chi connectivity index (χ3n) is 3.93. The summed E-state index contributed by atoms with van der Waals surface area (Å²) in [5.74, 6) is -0.521. The summed E-state index contributed by atoms with van der Waals surface area (Å²) in [4.78, 5) is 12.4. The highest BCUT2D eigenvalue weighted by molar-refractivity contribution is 7.92. The van der Waals surface area contributed by atoms with Crippen molar-refractivity contribution in [2.75, 3.05) is 10.0 Å². The topological polar surface area (TPSA) is 75.3 Å². The molecule has 9 heteroatoms. The van der Waals surface area contributed by atoms with Gasteiger partial charge < -0.3 is 5.32 Å². The first kappa shape index (κ1) is 21.5. The summed E-state index contributed by atoms with van der Waals surface area (Å²) >= 11 is 17.9. The largest absolute Gasteiger partial charge is 0.322 e. The number of sulfonamides is 1. The summed E-state index contributed by atoms with van der Waals surface area (Å²) in [6.07, 6.45) is 0. The number of halogens is 3. The monoisotopic (exact) mass is 468 g/mol. The second-order valence-corrected chi connectivity index (χ2v) is 9.08. The molecular weight excluding hydrogens is 455 g/mol. The summed E-state index contributed by atoms with van der Waals surface area (Å²) < 4.78 is 28.0. The molecule has 0 spiro atoms. The maximum atomic E-state index is 12.8. The zero-order chi connectivity index (χ0) is 21.2. The molecule has 0 saturated heterocycles. The fraction of sp³-hybridized carbons (Fsp3) is 0.0500. The number of carbonyl (C=O) groups excluding carboxylic acids is 1. The van der Waals surface area contributed by atoms with E-state index in [1.165, 1.54) is 24.3 Å². The van der Waals surface area contributed by atoms with Crippen LogP contribution in [0.4, 0.5) is 11.4 Å². The Kier molecular flexibility index (Phi) is 6.39. The Labute approximate surface area is 183 Å². The van der Waals surface area contributed by atoms with Gasteiger partial charge in [0.05, 0.1) is 15.1 Å². The van der Waals surface area contributed by atoms with Gasteiger partial charge in [0.25, 0.3) is 15.9 Å². The Morgan fingerprint density at radius 1 is 0.828 bits per heavy atom. The third kappa shape index (κ3) is 5.22. The van der Waals surface area contributed by atoms with Crippen LogP contribution in [0.25, 0.3) is 0 Å². The maximum absolute atomic E-state index is 12.8. The Hall–Kier alpha value is -2.25. The van der Waals surface area contributed by atoms with Crippen LogP contribution in [-0.2, 0) is 10.0 Å². The SMILES string of the molecule is Cc1cccc(NS(=O)(=O)c2cc(C(=O)Nc3ccc(Cl)c(Cl)c3)ccc2Cl)c1. The fourth-order valence-corrected chi connectivity index (χ4v) is 4.42. The molecule has 0 aromatic heterocycles. The van der Waals surface area contributed by atoms with Crippen molar-refractivity contribution in [3.05, 3.63) is 86.9 Å². The molecule has 0 fully saturated rings. The second kappa shape index (κ2) is 8.63. The number of nitrogens with one attached hydrogen (secondary N) is 2. The van der Waals surface area contributed by atoms with Crippen molar-refractivity contribution in [1.82, 2.24) is 0 Å². The van der Waals surface area contributed by atoms with Gasteiger partial charge in [-0.2, -0.15) is 0 Å². The summed E-state index contributed by atoms with van der Waals surface area (Å²) in [6, 6.07) is 15.5. The number of benzene rings is 3. The van der Waals surface area contributed by atoms with Gasteiger partial charge in [0.1, 0.15) is 4.90 Å². The molecule has 2 N–H and O–H groups in total. The van der Waals surface area contributed by atoms with E-state index in [0.717, 1.165) is 5.56 Å². The summed E-state index contributed by atoms with van der Waals surface area (Å²) in [7, 11) is -4.00. The van der Waals surface area contributed by atoms with E-state index in [1.54, 1.807) is 30.3 Å². The van der Waals surface area contributed by atoms with Crippen molar-refractivity contribution in [2.24, 2.45) is 0 Å². The van der Waals surface area contributed by atoms with Gasteiger partial charge in [0, 0.05) is 16.9 Å². The average Bonchev–Trinajstić information content (AvgIpc) is 2.64. The van der Waals surface area contributed by atoms with Crippen LogP contribution in [-0.4, -0.2) is 14.3 Å². The van der Waals surface area contributed by atoms with E-state index in [-0.39, 0.29) is 20.5 Å². The standard InChI is InChI=1S/C20H15Cl3N2O3S/c1-12-3-2-4-15(9-12)25-29(27,28)19-10-13(5-7-17(19)22)20(26)24-14-6-8-16(21)18(23)11-14/h2-11,25H,1H3,(H,24,26). The van der Waals surface area contributed by atoms with E-state index in [9.17, 15) is 13.2 Å². The quantitative estimate of drug-likeness (QED) is 0.480. The van der Waals surface area contributed by atoms with Crippen LogP contribution < -0.4 is 10.0 Å². The smallest absolute Gasteiger partial charge is 0.263 e. The van der Waals surface area contributed by atoms with Crippen LogP contribution in [0.5, 0.6) is 0 Å². The van der Waals surface area contributed by atoms with Gasteiger partial charge in [0.2, 0.25) is 0 Å². The zero-order valence-electron chi connectivity index (χ0n) is 15.0. The summed E-state index contributed by atoms with van der Waals surface area (Å²) in [5.41, 5.74) is 1.82. The Balaban J connectivity index is 1.88. The Bertz CT molecular complexity index is 1200. The fourth-order valence-electron chi connectivity index (χ4n) is 2.55. The molecule has 0 heterocycles. The van der Waals surface area contributed by atoms with Crippen LogP contribution in [0, 0.1) is 6.92 Å². The second-order valence-electron chi connectivity index (χ2n) is 6.20. The zero-order valence-corrected chi connectivity index (χ0v) is 18.1. The first-order valence-electron chi connectivity index (χ1n) is 8.31. The van der Waals surface area contributed by atoms with Crippen molar-refractivity contribution >= 4 is 62.1 Å². The number of anilines is 2. The molecule has 5 nitrogen and oxygen atoms in total. The number of rotatable bonds is 5. The van der Waals surface area contributed by atoms with E-state index in [0.29, 0.717) is 16.4 Å². The highest BCUT2D eigenvalue weighted by Gasteiger charge is 2.21. The Morgan fingerprint density at radius 3 is 2.24 bits per heavy atom. The van der Waals surface area contributed by atoms with E-state index >= 15 is 0 Å². The van der Waals surface area contributed by atoms with Crippen LogP contribution in [0.2, 0.25) is 15.1 Å². The third-order valence-corrected chi connectivity index (χ3v) is 6.53. The molecule has 1 amide bonds. The summed E-state index contributed by atoms with van der Waals surface area (Å²) in [5, 5.41) is 3.27. The van der Waals surface area contributed by atoms with Crippen LogP contribution in [0.3, 0.4) is 0 Å². The number of amides is 1. The van der Waals surface area contributed by atoms with Crippen molar-refractivity contribution < 1.29 is 13.2 Å². The van der Waals surface area contributed by atoms with Crippen molar-refractivity contribution in [2.45, 2.75) is 11.8 Å². The van der Waals surface area contributed by atoms with E-state index < -0.39 is 15.9 Å². The van der Waals surface area contributed by atoms with Gasteiger partial charge in [-0.25, -0.2) is 8.42 Å². The van der Waals surface area contributed by atoms with E-state index in [4.69, 9.17) is 34.8 Å². The highest BCUT2D eigenvalue weighted by atomic mass is 35.5. The lowest BCUT2D eigenvalue weighted by atomic mass is 10.2. The molecule has 0 unspecified atom stereocenters. The lowest BCUT2D eigenvalue weighted by Gasteiger charge is -2.12. The molecule has 0 radical (unpaired) electrons. The molecule has 0 saturated carbocycles. The first-order chi connectivity index (χ1) is 13.7. The van der Waals surface area contributed by atoms with Gasteiger partial charge in [-0.3, -0.25) is 9.52 Å². The number of carbonyl (C=O) groups is 1. The maximum Gasteiger partial charge on any atom is 0.263 e. The lowest BCUT2D eigenvalue weighted by molar-refractivity contribution is 0.102. The normalized spacial score (nSPS) is 11.2. The average molecular weight is 470 g/mol. The van der Waals surface area contributed by atoms with Gasteiger partial charge in [-0.15, -0.1) is 0 Å².